The summed E-state index contributed by atoms with van der Waals surface area (Å²) >= 11 is 0. The molecule has 0 radical (unpaired) electrons. The molecule has 0 spiro atoms. The lowest BCUT2D eigenvalue weighted by molar-refractivity contribution is -0.390. The Labute approximate surface area is 118 Å². The van der Waals surface area contributed by atoms with Gasteiger partial charge in [0, 0.05) is 0 Å². The van der Waals surface area contributed by atoms with Crippen molar-refractivity contribution in [3.8, 4) is 5.69 Å². The van der Waals surface area contributed by atoms with Crippen LogP contribution in [-0.4, -0.2) is 19.9 Å². The molecule has 3 aromatic rings. The van der Waals surface area contributed by atoms with Gasteiger partial charge in [-0.25, -0.2) is 8.78 Å². The predicted octanol–water partition coefficient (Wildman–Crippen LogP) is 2.89. The zero-order valence-electron chi connectivity index (χ0n) is 10.4. The Balaban J connectivity index is 2.34. The molecule has 0 amide bonds. The van der Waals surface area contributed by atoms with Gasteiger partial charge >= 0.3 is 5.69 Å². The molecular formula is C12H4F4N4O2. The number of halogens is 4. The van der Waals surface area contributed by atoms with E-state index in [2.05, 4.69) is 10.2 Å². The molecule has 0 aliphatic carbocycles. The van der Waals surface area contributed by atoms with Gasteiger partial charge in [0.05, 0.1) is 4.92 Å². The summed E-state index contributed by atoms with van der Waals surface area (Å²) in [5.41, 5.74) is -2.73. The molecular weight excluding hydrogens is 308 g/mol. The van der Waals surface area contributed by atoms with E-state index in [1.807, 2.05) is 0 Å². The highest BCUT2D eigenvalue weighted by Gasteiger charge is 2.34. The fourth-order valence-electron chi connectivity index (χ4n) is 1.90. The number of rotatable bonds is 2. The number of benzene rings is 2. The molecule has 0 fully saturated rings. The van der Waals surface area contributed by atoms with Gasteiger partial charge < -0.3 is 0 Å². The van der Waals surface area contributed by atoms with Crippen molar-refractivity contribution in [3.05, 3.63) is 57.6 Å². The van der Waals surface area contributed by atoms with Gasteiger partial charge in [-0.05, 0) is 12.1 Å². The van der Waals surface area contributed by atoms with Crippen LogP contribution in [0.4, 0.5) is 23.2 Å². The summed E-state index contributed by atoms with van der Waals surface area (Å²) in [5, 5.41) is 17.9. The average Bonchev–Trinajstić information content (AvgIpc) is 2.88. The first-order valence-corrected chi connectivity index (χ1v) is 5.74. The minimum absolute atomic E-state index is 0.223. The maximum Gasteiger partial charge on any atom is 0.346 e. The van der Waals surface area contributed by atoms with Crippen LogP contribution in [0, 0.1) is 33.4 Å². The van der Waals surface area contributed by atoms with Gasteiger partial charge in [0.25, 0.3) is 0 Å². The largest absolute Gasteiger partial charge is 0.346 e. The summed E-state index contributed by atoms with van der Waals surface area (Å²) < 4.78 is 55.0. The van der Waals surface area contributed by atoms with Crippen molar-refractivity contribution in [2.45, 2.75) is 0 Å². The number of nitrogens with zero attached hydrogens (tertiary/aromatic N) is 4. The van der Waals surface area contributed by atoms with Crippen LogP contribution in [0.3, 0.4) is 0 Å². The highest BCUT2D eigenvalue weighted by atomic mass is 19.2. The van der Waals surface area contributed by atoms with E-state index >= 15 is 0 Å². The quantitative estimate of drug-likeness (QED) is 0.316. The lowest BCUT2D eigenvalue weighted by Crippen LogP contribution is -2.12. The number of nitro benzene ring substituents is 1. The summed E-state index contributed by atoms with van der Waals surface area (Å²) in [6.07, 6.45) is 0. The fraction of sp³-hybridized carbons (Fsp3) is 0. The number of nitro groups is 1. The molecule has 3 rings (SSSR count). The first-order chi connectivity index (χ1) is 10.4. The molecule has 0 saturated heterocycles. The first-order valence-electron chi connectivity index (χ1n) is 5.74. The molecule has 0 N–H and O–H groups in total. The lowest BCUT2D eigenvalue weighted by atomic mass is 10.2. The third-order valence-corrected chi connectivity index (χ3v) is 2.89. The predicted molar refractivity (Wildman–Crippen MR) is 65.4 cm³/mol. The van der Waals surface area contributed by atoms with Crippen LogP contribution in [0.1, 0.15) is 0 Å². The number of fused-ring (bicyclic) bond motifs is 1. The Hall–Kier alpha value is -3.04. The molecule has 1 heterocycles. The van der Waals surface area contributed by atoms with Gasteiger partial charge in [-0.1, -0.05) is 12.1 Å². The summed E-state index contributed by atoms with van der Waals surface area (Å²) in [6.45, 7) is 0. The van der Waals surface area contributed by atoms with E-state index in [4.69, 9.17) is 0 Å². The van der Waals surface area contributed by atoms with E-state index < -0.39 is 39.6 Å². The van der Waals surface area contributed by atoms with Crippen molar-refractivity contribution in [1.29, 1.82) is 0 Å². The Morgan fingerprint density at radius 1 is 0.909 bits per heavy atom. The molecule has 2 aromatic carbocycles. The standard InChI is InChI=1S/C12H4F4N4O2/c13-7-9(15)12(20(21)22)10(16)8(14)11(7)19-17-5-3-1-2-4-6(5)18-19/h1-4H. The van der Waals surface area contributed by atoms with Crippen molar-refractivity contribution in [2.24, 2.45) is 0 Å². The van der Waals surface area contributed by atoms with E-state index in [1.165, 1.54) is 12.1 Å². The second-order valence-electron chi connectivity index (χ2n) is 4.19. The van der Waals surface area contributed by atoms with Gasteiger partial charge in [-0.15, -0.1) is 15.0 Å². The lowest BCUT2D eigenvalue weighted by Gasteiger charge is -2.06. The zero-order chi connectivity index (χ0) is 16.0. The maximum absolute atomic E-state index is 13.9. The third kappa shape index (κ3) is 1.88. The van der Waals surface area contributed by atoms with Gasteiger partial charge in [0.2, 0.25) is 11.6 Å². The molecule has 0 unspecified atom stereocenters. The summed E-state index contributed by atoms with van der Waals surface area (Å²) in [6, 6.07) is 6.08. The van der Waals surface area contributed by atoms with Crippen molar-refractivity contribution >= 4 is 16.7 Å². The van der Waals surface area contributed by atoms with E-state index in [1.54, 1.807) is 12.1 Å². The molecule has 112 valence electrons. The molecule has 0 saturated carbocycles. The Morgan fingerprint density at radius 2 is 1.36 bits per heavy atom. The third-order valence-electron chi connectivity index (χ3n) is 2.89. The van der Waals surface area contributed by atoms with Crippen molar-refractivity contribution in [2.75, 3.05) is 0 Å². The molecule has 0 aliphatic heterocycles. The minimum Gasteiger partial charge on any atom is -0.258 e. The molecule has 22 heavy (non-hydrogen) atoms. The van der Waals surface area contributed by atoms with E-state index in [-0.39, 0.29) is 11.0 Å². The topological polar surface area (TPSA) is 73.8 Å². The minimum atomic E-state index is -2.12. The van der Waals surface area contributed by atoms with Crippen molar-refractivity contribution in [1.82, 2.24) is 15.0 Å². The summed E-state index contributed by atoms with van der Waals surface area (Å²) in [7, 11) is 0. The average molecular weight is 312 g/mol. The normalized spacial score (nSPS) is 11.1. The fourth-order valence-corrected chi connectivity index (χ4v) is 1.90. The smallest absolute Gasteiger partial charge is 0.258 e. The highest BCUT2D eigenvalue weighted by molar-refractivity contribution is 5.73. The Kier molecular flexibility index (Phi) is 3.01. The second-order valence-corrected chi connectivity index (χ2v) is 4.19. The second kappa shape index (κ2) is 4.76. The van der Waals surface area contributed by atoms with Crippen LogP contribution < -0.4 is 0 Å². The first kappa shape index (κ1) is 13.9. The summed E-state index contributed by atoms with van der Waals surface area (Å²) in [5.74, 6) is -8.16. The number of hydrogen-bond donors (Lipinski definition) is 0. The van der Waals surface area contributed by atoms with Crippen LogP contribution >= 0.6 is 0 Å². The Bertz CT molecular complexity index is 863. The van der Waals surface area contributed by atoms with E-state index in [0.717, 1.165) is 0 Å². The van der Waals surface area contributed by atoms with Gasteiger partial charge in [-0.3, -0.25) is 10.1 Å². The van der Waals surface area contributed by atoms with Gasteiger partial charge in [-0.2, -0.15) is 8.78 Å². The molecule has 0 aliphatic rings. The van der Waals surface area contributed by atoms with Gasteiger partial charge in [0.15, 0.2) is 17.3 Å². The SMILES string of the molecule is O=[N+]([O-])c1c(F)c(F)c(-n2nc3ccccc3n2)c(F)c1F. The van der Waals surface area contributed by atoms with Crippen molar-refractivity contribution in [3.63, 3.8) is 0 Å². The number of hydrogen-bond acceptors (Lipinski definition) is 4. The molecule has 6 nitrogen and oxygen atoms in total. The molecule has 0 bridgehead atoms. The maximum atomic E-state index is 13.9. The number of aromatic nitrogens is 3. The van der Waals surface area contributed by atoms with Crippen LogP contribution in [0.25, 0.3) is 16.7 Å². The van der Waals surface area contributed by atoms with E-state index in [9.17, 15) is 27.7 Å². The van der Waals surface area contributed by atoms with Crippen LogP contribution in [0.5, 0.6) is 0 Å². The molecule has 1 aromatic heterocycles. The van der Waals surface area contributed by atoms with Crippen LogP contribution in [-0.2, 0) is 0 Å². The van der Waals surface area contributed by atoms with Gasteiger partial charge in [0.1, 0.15) is 11.0 Å². The molecule has 0 atom stereocenters. The zero-order valence-corrected chi connectivity index (χ0v) is 10.4. The van der Waals surface area contributed by atoms with Crippen molar-refractivity contribution < 1.29 is 22.5 Å². The van der Waals surface area contributed by atoms with E-state index in [0.29, 0.717) is 4.80 Å². The van der Waals surface area contributed by atoms with Crippen LogP contribution in [0.15, 0.2) is 24.3 Å². The molecule has 10 heteroatoms. The summed E-state index contributed by atoms with van der Waals surface area (Å²) in [4.78, 5) is 9.29. The van der Waals surface area contributed by atoms with Crippen LogP contribution in [0.2, 0.25) is 0 Å². The highest BCUT2D eigenvalue weighted by Crippen LogP contribution is 2.31. The monoisotopic (exact) mass is 312 g/mol. The Morgan fingerprint density at radius 3 is 1.77 bits per heavy atom.